The van der Waals surface area contributed by atoms with Crippen molar-refractivity contribution >= 4 is 23.8 Å². The van der Waals surface area contributed by atoms with E-state index in [1.807, 2.05) is 58.8 Å². The molecule has 1 aliphatic rings. The number of nitrogens with zero attached hydrogens (tertiary/aromatic N) is 5. The standard InChI is InChI=1S/C25H24ClN5O/c1-17-15-30(16-27-17)22-11-5-18(14-23(22)32-2)6-12-24-28-25-21(4-3-13-31(25)29-24)19-7-9-20(26)10-8-19/h5-12,14-16,21H,3-4,13H2,1-2H3/b12-6+/t21-/m0/s1. The quantitative estimate of drug-likeness (QED) is 0.405. The van der Waals surface area contributed by atoms with E-state index < -0.39 is 0 Å². The highest BCUT2D eigenvalue weighted by Crippen LogP contribution is 2.33. The van der Waals surface area contributed by atoms with Gasteiger partial charge in [0.05, 0.1) is 24.8 Å². The number of halogens is 1. The zero-order valence-electron chi connectivity index (χ0n) is 18.1. The van der Waals surface area contributed by atoms with Crippen molar-refractivity contribution in [2.75, 3.05) is 7.11 Å². The molecule has 0 unspecified atom stereocenters. The van der Waals surface area contributed by atoms with Crippen LogP contribution in [0.25, 0.3) is 17.8 Å². The second-order valence-electron chi connectivity index (χ2n) is 7.98. The van der Waals surface area contributed by atoms with Gasteiger partial charge in [0, 0.05) is 23.7 Å². The third-order valence-corrected chi connectivity index (χ3v) is 6.03. The Morgan fingerprint density at radius 3 is 2.72 bits per heavy atom. The Kier molecular flexibility index (Phi) is 5.53. The maximum atomic E-state index is 6.07. The van der Waals surface area contributed by atoms with Crippen LogP contribution in [0.2, 0.25) is 5.02 Å². The largest absolute Gasteiger partial charge is 0.495 e. The Bertz CT molecular complexity index is 1270. The molecule has 2 aromatic heterocycles. The monoisotopic (exact) mass is 445 g/mol. The van der Waals surface area contributed by atoms with Gasteiger partial charge in [0.15, 0.2) is 5.82 Å². The van der Waals surface area contributed by atoms with Crippen molar-refractivity contribution in [3.05, 3.63) is 88.5 Å². The highest BCUT2D eigenvalue weighted by Gasteiger charge is 2.25. The first-order chi connectivity index (χ1) is 15.6. The minimum Gasteiger partial charge on any atom is -0.495 e. The van der Waals surface area contributed by atoms with Crippen molar-refractivity contribution in [1.82, 2.24) is 24.3 Å². The number of imidazole rings is 1. The highest BCUT2D eigenvalue weighted by atomic mass is 35.5. The average molecular weight is 446 g/mol. The Morgan fingerprint density at radius 1 is 1.12 bits per heavy atom. The summed E-state index contributed by atoms with van der Waals surface area (Å²) in [6, 6.07) is 14.1. The second-order valence-corrected chi connectivity index (χ2v) is 8.42. The van der Waals surface area contributed by atoms with Crippen LogP contribution in [0.3, 0.4) is 0 Å². The summed E-state index contributed by atoms with van der Waals surface area (Å²) in [5.74, 6) is 2.76. The van der Waals surface area contributed by atoms with E-state index in [2.05, 4.69) is 23.2 Å². The molecule has 0 aliphatic carbocycles. The lowest BCUT2D eigenvalue weighted by atomic mass is 9.91. The molecule has 0 bridgehead atoms. The smallest absolute Gasteiger partial charge is 0.174 e. The fourth-order valence-corrected chi connectivity index (χ4v) is 4.31. The zero-order valence-corrected chi connectivity index (χ0v) is 18.8. The number of methoxy groups -OCH3 is 1. The molecule has 1 atom stereocenters. The molecule has 0 saturated carbocycles. The molecule has 1 aliphatic heterocycles. The van der Waals surface area contributed by atoms with Crippen molar-refractivity contribution in [3.63, 3.8) is 0 Å². The van der Waals surface area contributed by atoms with E-state index in [-0.39, 0.29) is 5.92 Å². The van der Waals surface area contributed by atoms with Crippen molar-refractivity contribution in [3.8, 4) is 11.4 Å². The minimum absolute atomic E-state index is 0.244. The zero-order chi connectivity index (χ0) is 22.1. The lowest BCUT2D eigenvalue weighted by Crippen LogP contribution is -2.17. The average Bonchev–Trinajstić information content (AvgIpc) is 3.43. The van der Waals surface area contributed by atoms with Gasteiger partial charge in [0.2, 0.25) is 0 Å². The molecular weight excluding hydrogens is 422 g/mol. The first-order valence-corrected chi connectivity index (χ1v) is 11.1. The molecule has 7 heteroatoms. The van der Waals surface area contributed by atoms with Gasteiger partial charge in [-0.1, -0.05) is 35.9 Å². The van der Waals surface area contributed by atoms with Crippen LogP contribution in [0.4, 0.5) is 0 Å². The van der Waals surface area contributed by atoms with Gasteiger partial charge < -0.3 is 9.30 Å². The third-order valence-electron chi connectivity index (χ3n) is 5.78. The lowest BCUT2D eigenvalue weighted by molar-refractivity contribution is 0.413. The Hall–Kier alpha value is -3.38. The summed E-state index contributed by atoms with van der Waals surface area (Å²) < 4.78 is 9.61. The van der Waals surface area contributed by atoms with Crippen molar-refractivity contribution in [2.45, 2.75) is 32.2 Å². The SMILES string of the molecule is COc1cc(/C=C/c2nc3n(n2)CCC[C@H]3c2ccc(Cl)cc2)ccc1-n1cnc(C)c1. The maximum absolute atomic E-state index is 6.07. The molecule has 3 heterocycles. The highest BCUT2D eigenvalue weighted by molar-refractivity contribution is 6.30. The number of benzene rings is 2. The third kappa shape index (κ3) is 4.06. The van der Waals surface area contributed by atoms with E-state index in [0.29, 0.717) is 5.82 Å². The van der Waals surface area contributed by atoms with Gasteiger partial charge in [0.25, 0.3) is 0 Å². The van der Waals surface area contributed by atoms with E-state index in [9.17, 15) is 0 Å². The number of fused-ring (bicyclic) bond motifs is 1. The van der Waals surface area contributed by atoms with Gasteiger partial charge in [-0.25, -0.2) is 14.6 Å². The number of hydrogen-bond donors (Lipinski definition) is 0. The number of aryl methyl sites for hydroxylation is 2. The molecule has 0 fully saturated rings. The summed E-state index contributed by atoms with van der Waals surface area (Å²) in [5, 5.41) is 5.47. The summed E-state index contributed by atoms with van der Waals surface area (Å²) in [5.41, 5.74) is 4.16. The van der Waals surface area contributed by atoms with Crippen LogP contribution < -0.4 is 4.74 Å². The first-order valence-electron chi connectivity index (χ1n) is 10.7. The van der Waals surface area contributed by atoms with E-state index >= 15 is 0 Å². The Balaban J connectivity index is 1.40. The molecule has 0 amide bonds. The van der Waals surface area contributed by atoms with Gasteiger partial charge in [-0.3, -0.25) is 0 Å². The summed E-state index contributed by atoms with van der Waals surface area (Å²) >= 11 is 6.07. The van der Waals surface area contributed by atoms with Crippen molar-refractivity contribution < 1.29 is 4.74 Å². The fraction of sp³-hybridized carbons (Fsp3) is 0.240. The van der Waals surface area contributed by atoms with E-state index in [4.69, 9.17) is 26.4 Å². The van der Waals surface area contributed by atoms with Crippen molar-refractivity contribution in [2.24, 2.45) is 0 Å². The van der Waals surface area contributed by atoms with Crippen LogP contribution in [-0.2, 0) is 6.54 Å². The Morgan fingerprint density at radius 2 is 1.97 bits per heavy atom. The van der Waals surface area contributed by atoms with Gasteiger partial charge in [-0.05, 0) is 61.2 Å². The topological polar surface area (TPSA) is 57.8 Å². The Labute approximate surface area is 192 Å². The predicted octanol–water partition coefficient (Wildman–Crippen LogP) is 5.53. The van der Waals surface area contributed by atoms with Crippen molar-refractivity contribution in [1.29, 1.82) is 0 Å². The number of aromatic nitrogens is 5. The summed E-state index contributed by atoms with van der Waals surface area (Å²) in [7, 11) is 1.68. The molecule has 0 spiro atoms. The molecule has 2 aromatic carbocycles. The molecule has 0 N–H and O–H groups in total. The van der Waals surface area contributed by atoms with E-state index in [0.717, 1.165) is 52.9 Å². The van der Waals surface area contributed by atoms with Crippen LogP contribution in [0.15, 0.2) is 55.0 Å². The van der Waals surface area contributed by atoms with Gasteiger partial charge >= 0.3 is 0 Å². The van der Waals surface area contributed by atoms with Crippen LogP contribution in [0, 0.1) is 6.92 Å². The molecule has 4 aromatic rings. The first kappa shape index (κ1) is 20.5. The van der Waals surface area contributed by atoms with Gasteiger partial charge in [-0.2, -0.15) is 5.10 Å². The normalized spacial score (nSPS) is 15.8. The van der Waals surface area contributed by atoms with Crippen LogP contribution >= 0.6 is 11.6 Å². The second kappa shape index (κ2) is 8.63. The molecule has 32 heavy (non-hydrogen) atoms. The maximum Gasteiger partial charge on any atom is 0.174 e. The molecule has 162 valence electrons. The summed E-state index contributed by atoms with van der Waals surface area (Å²) in [4.78, 5) is 9.14. The molecule has 6 nitrogen and oxygen atoms in total. The number of rotatable bonds is 5. The number of ether oxygens (including phenoxy) is 1. The fourth-order valence-electron chi connectivity index (χ4n) is 4.19. The van der Waals surface area contributed by atoms with E-state index in [1.165, 1.54) is 5.56 Å². The molecule has 0 radical (unpaired) electrons. The number of hydrogen-bond acceptors (Lipinski definition) is 4. The molecule has 5 rings (SSSR count). The van der Waals surface area contributed by atoms with Crippen LogP contribution in [-0.4, -0.2) is 31.4 Å². The van der Waals surface area contributed by atoms with Crippen LogP contribution in [0.5, 0.6) is 5.75 Å². The summed E-state index contributed by atoms with van der Waals surface area (Å²) in [6.07, 6.45) is 9.89. The van der Waals surface area contributed by atoms with Gasteiger partial charge in [-0.15, -0.1) is 0 Å². The molecular formula is C25H24ClN5O. The molecule has 0 saturated heterocycles. The minimum atomic E-state index is 0.244. The van der Waals surface area contributed by atoms with Gasteiger partial charge in [0.1, 0.15) is 11.6 Å². The van der Waals surface area contributed by atoms with E-state index in [1.54, 1.807) is 13.4 Å². The van der Waals surface area contributed by atoms with Crippen LogP contribution in [0.1, 0.15) is 47.2 Å². The predicted molar refractivity (Wildman–Crippen MR) is 126 cm³/mol. The summed E-state index contributed by atoms with van der Waals surface area (Å²) in [6.45, 7) is 2.86. The lowest BCUT2D eigenvalue weighted by Gasteiger charge is -2.22.